The van der Waals surface area contributed by atoms with Crippen LogP contribution in [0.15, 0.2) is 0 Å². The summed E-state index contributed by atoms with van der Waals surface area (Å²) in [5.74, 6) is -0.211. The first-order valence-corrected chi connectivity index (χ1v) is 7.64. The van der Waals surface area contributed by atoms with Crippen LogP contribution in [0.2, 0.25) is 0 Å². The van der Waals surface area contributed by atoms with Gasteiger partial charge in [0.25, 0.3) is 0 Å². The minimum absolute atomic E-state index is 0.170. The number of aliphatic carboxylic acids is 1. The lowest BCUT2D eigenvalue weighted by atomic mass is 9.88. The number of rotatable bonds is 11. The van der Waals surface area contributed by atoms with E-state index >= 15 is 0 Å². The van der Waals surface area contributed by atoms with E-state index in [9.17, 15) is 9.59 Å². The van der Waals surface area contributed by atoms with Gasteiger partial charge in [0.2, 0.25) is 5.91 Å². The standard InChI is InChI=1S/C15H30N2O3/c1-4-5-6-13(15(19)20)17-14(18)8-7-12(9-10-16)11(2)3/h11-13H,4-10,16H2,1-3H3,(H,17,18)(H,19,20). The third-order valence-corrected chi connectivity index (χ3v) is 3.70. The molecule has 0 aliphatic heterocycles. The van der Waals surface area contributed by atoms with Gasteiger partial charge in [-0.25, -0.2) is 4.79 Å². The Morgan fingerprint density at radius 2 is 1.85 bits per heavy atom. The van der Waals surface area contributed by atoms with Crippen LogP contribution in [0.5, 0.6) is 0 Å². The maximum Gasteiger partial charge on any atom is 0.326 e. The molecule has 0 rings (SSSR count). The molecule has 5 nitrogen and oxygen atoms in total. The predicted octanol–water partition coefficient (Wildman–Crippen LogP) is 2.15. The number of amides is 1. The quantitative estimate of drug-likeness (QED) is 0.542. The lowest BCUT2D eigenvalue weighted by Gasteiger charge is -2.20. The Morgan fingerprint density at radius 1 is 1.20 bits per heavy atom. The number of carbonyl (C=O) groups is 2. The van der Waals surface area contributed by atoms with Crippen LogP contribution in [0, 0.1) is 11.8 Å². The molecule has 0 saturated heterocycles. The van der Waals surface area contributed by atoms with Crippen LogP contribution in [0.25, 0.3) is 0 Å². The van der Waals surface area contributed by atoms with E-state index in [1.165, 1.54) is 0 Å². The number of hydrogen-bond donors (Lipinski definition) is 3. The van der Waals surface area contributed by atoms with Gasteiger partial charge in [-0.2, -0.15) is 0 Å². The van der Waals surface area contributed by atoms with E-state index in [-0.39, 0.29) is 5.91 Å². The van der Waals surface area contributed by atoms with E-state index in [0.29, 0.717) is 31.2 Å². The Morgan fingerprint density at radius 3 is 2.30 bits per heavy atom. The van der Waals surface area contributed by atoms with Gasteiger partial charge < -0.3 is 16.2 Å². The molecule has 0 fully saturated rings. The smallest absolute Gasteiger partial charge is 0.326 e. The third-order valence-electron chi connectivity index (χ3n) is 3.70. The number of unbranched alkanes of at least 4 members (excludes halogenated alkanes) is 1. The van der Waals surface area contributed by atoms with Gasteiger partial charge in [-0.1, -0.05) is 33.6 Å². The highest BCUT2D eigenvalue weighted by molar-refractivity contribution is 5.83. The summed E-state index contributed by atoms with van der Waals surface area (Å²) in [6, 6.07) is -0.755. The molecule has 0 radical (unpaired) electrons. The van der Waals surface area contributed by atoms with Crippen molar-refractivity contribution in [2.24, 2.45) is 17.6 Å². The van der Waals surface area contributed by atoms with Crippen LogP contribution in [-0.4, -0.2) is 29.6 Å². The van der Waals surface area contributed by atoms with Crippen LogP contribution >= 0.6 is 0 Å². The molecule has 2 atom stereocenters. The molecule has 0 aromatic carbocycles. The zero-order valence-corrected chi connectivity index (χ0v) is 13.0. The summed E-state index contributed by atoms with van der Waals surface area (Å²) in [4.78, 5) is 22.9. The second-order valence-electron chi connectivity index (χ2n) is 5.72. The van der Waals surface area contributed by atoms with Crippen molar-refractivity contribution in [2.45, 2.75) is 65.3 Å². The van der Waals surface area contributed by atoms with Crippen molar-refractivity contribution in [3.05, 3.63) is 0 Å². The van der Waals surface area contributed by atoms with Gasteiger partial charge in [0.1, 0.15) is 6.04 Å². The van der Waals surface area contributed by atoms with Crippen LogP contribution in [0.4, 0.5) is 0 Å². The van der Waals surface area contributed by atoms with Crippen LogP contribution in [0.3, 0.4) is 0 Å². The molecule has 0 heterocycles. The molecule has 0 saturated carbocycles. The molecule has 118 valence electrons. The first kappa shape index (κ1) is 18.9. The fourth-order valence-electron chi connectivity index (χ4n) is 2.27. The number of nitrogens with two attached hydrogens (primary N) is 1. The minimum atomic E-state index is -0.950. The fourth-order valence-corrected chi connectivity index (χ4v) is 2.27. The van der Waals surface area contributed by atoms with Crippen molar-refractivity contribution in [3.8, 4) is 0 Å². The highest BCUT2D eigenvalue weighted by Crippen LogP contribution is 2.20. The van der Waals surface area contributed by atoms with E-state index in [1.54, 1.807) is 0 Å². The van der Waals surface area contributed by atoms with Crippen molar-refractivity contribution in [2.75, 3.05) is 6.54 Å². The fraction of sp³-hybridized carbons (Fsp3) is 0.867. The molecular weight excluding hydrogens is 256 g/mol. The molecule has 0 bridgehead atoms. The molecule has 0 aliphatic rings. The Bertz CT molecular complexity index is 293. The van der Waals surface area contributed by atoms with Crippen molar-refractivity contribution >= 4 is 11.9 Å². The van der Waals surface area contributed by atoms with Gasteiger partial charge in [0.05, 0.1) is 0 Å². The van der Waals surface area contributed by atoms with E-state index in [4.69, 9.17) is 10.8 Å². The van der Waals surface area contributed by atoms with E-state index in [2.05, 4.69) is 19.2 Å². The van der Waals surface area contributed by atoms with Gasteiger partial charge in [-0.05, 0) is 37.6 Å². The molecule has 20 heavy (non-hydrogen) atoms. The Balaban J connectivity index is 4.20. The highest BCUT2D eigenvalue weighted by atomic mass is 16.4. The van der Waals surface area contributed by atoms with Gasteiger partial charge >= 0.3 is 5.97 Å². The molecule has 1 amide bonds. The summed E-state index contributed by atoms with van der Waals surface area (Å²) in [6.45, 7) is 6.87. The zero-order valence-electron chi connectivity index (χ0n) is 13.0. The summed E-state index contributed by atoms with van der Waals surface area (Å²) in [6.07, 6.45) is 4.27. The monoisotopic (exact) mass is 286 g/mol. The maximum absolute atomic E-state index is 11.8. The lowest BCUT2D eigenvalue weighted by molar-refractivity contribution is -0.142. The molecule has 0 spiro atoms. The predicted molar refractivity (Wildman–Crippen MR) is 80.3 cm³/mol. The van der Waals surface area contributed by atoms with Gasteiger partial charge in [-0.15, -0.1) is 0 Å². The summed E-state index contributed by atoms with van der Waals surface area (Å²) in [5.41, 5.74) is 5.57. The number of carboxylic acids is 1. The number of carboxylic acid groups (broad SMARTS) is 1. The van der Waals surface area contributed by atoms with Crippen molar-refractivity contribution in [1.29, 1.82) is 0 Å². The van der Waals surface area contributed by atoms with Crippen molar-refractivity contribution in [1.82, 2.24) is 5.32 Å². The minimum Gasteiger partial charge on any atom is -0.480 e. The van der Waals surface area contributed by atoms with E-state index in [0.717, 1.165) is 25.7 Å². The molecule has 0 aromatic rings. The Hall–Kier alpha value is -1.10. The van der Waals surface area contributed by atoms with Crippen molar-refractivity contribution < 1.29 is 14.7 Å². The Kier molecular flexibility index (Phi) is 10.1. The van der Waals surface area contributed by atoms with Gasteiger partial charge in [0.15, 0.2) is 0 Å². The normalized spacial score (nSPS) is 14.1. The molecule has 4 N–H and O–H groups in total. The Labute approximate surface area is 122 Å². The second-order valence-corrected chi connectivity index (χ2v) is 5.72. The average molecular weight is 286 g/mol. The summed E-state index contributed by atoms with van der Waals surface area (Å²) in [7, 11) is 0. The third kappa shape index (κ3) is 8.15. The van der Waals surface area contributed by atoms with E-state index in [1.807, 2.05) is 6.92 Å². The molecule has 0 aromatic heterocycles. The molecule has 5 heteroatoms. The molecular formula is C15H30N2O3. The topological polar surface area (TPSA) is 92.4 Å². The summed E-state index contributed by atoms with van der Waals surface area (Å²) >= 11 is 0. The average Bonchev–Trinajstić information content (AvgIpc) is 2.38. The highest BCUT2D eigenvalue weighted by Gasteiger charge is 2.20. The van der Waals surface area contributed by atoms with Crippen molar-refractivity contribution in [3.63, 3.8) is 0 Å². The number of carbonyl (C=O) groups excluding carboxylic acids is 1. The first-order chi connectivity index (χ1) is 9.42. The van der Waals surface area contributed by atoms with Crippen LogP contribution < -0.4 is 11.1 Å². The summed E-state index contributed by atoms with van der Waals surface area (Å²) < 4.78 is 0. The van der Waals surface area contributed by atoms with E-state index < -0.39 is 12.0 Å². The first-order valence-electron chi connectivity index (χ1n) is 7.64. The maximum atomic E-state index is 11.8. The van der Waals surface area contributed by atoms with Gasteiger partial charge in [-0.3, -0.25) is 4.79 Å². The van der Waals surface area contributed by atoms with Crippen LogP contribution in [-0.2, 0) is 9.59 Å². The zero-order chi connectivity index (χ0) is 15.5. The number of hydrogen-bond acceptors (Lipinski definition) is 3. The molecule has 2 unspecified atom stereocenters. The largest absolute Gasteiger partial charge is 0.480 e. The van der Waals surface area contributed by atoms with Gasteiger partial charge in [0, 0.05) is 6.42 Å². The lowest BCUT2D eigenvalue weighted by Crippen LogP contribution is -2.40. The number of nitrogens with one attached hydrogen (secondary N) is 1. The SMILES string of the molecule is CCCCC(NC(=O)CCC(CCN)C(C)C)C(=O)O. The summed E-state index contributed by atoms with van der Waals surface area (Å²) in [5, 5.41) is 11.7. The second kappa shape index (κ2) is 10.7. The molecule has 0 aliphatic carbocycles. The van der Waals surface area contributed by atoms with Crippen LogP contribution in [0.1, 0.15) is 59.3 Å².